The van der Waals surface area contributed by atoms with Crippen molar-refractivity contribution in [2.75, 3.05) is 0 Å². The zero-order valence-electron chi connectivity index (χ0n) is 10.3. The standard InChI is InChI=1S/C13H21N3S/c17-13-15-14-12(11-6-7-11)16(13)9-8-10-4-2-1-3-5-10/h10-11H,1-9H2,(H,15,17). The largest absolute Gasteiger partial charge is 0.304 e. The number of hydrogen-bond acceptors (Lipinski definition) is 2. The van der Waals surface area contributed by atoms with Crippen molar-refractivity contribution in [3.8, 4) is 0 Å². The number of aromatic amines is 1. The molecule has 0 amide bonds. The number of nitrogens with one attached hydrogen (secondary N) is 1. The summed E-state index contributed by atoms with van der Waals surface area (Å²) >= 11 is 5.33. The first-order chi connectivity index (χ1) is 8.34. The second kappa shape index (κ2) is 4.92. The van der Waals surface area contributed by atoms with Crippen molar-refractivity contribution in [2.45, 2.75) is 63.8 Å². The molecule has 0 radical (unpaired) electrons. The smallest absolute Gasteiger partial charge is 0.195 e. The van der Waals surface area contributed by atoms with E-state index in [1.165, 1.54) is 57.2 Å². The average molecular weight is 251 g/mol. The molecular formula is C13H21N3S. The van der Waals surface area contributed by atoms with E-state index in [1.54, 1.807) is 0 Å². The zero-order valence-corrected chi connectivity index (χ0v) is 11.1. The van der Waals surface area contributed by atoms with Crippen LogP contribution in [0.15, 0.2) is 0 Å². The van der Waals surface area contributed by atoms with Crippen LogP contribution in [0, 0.1) is 10.7 Å². The molecule has 3 nitrogen and oxygen atoms in total. The van der Waals surface area contributed by atoms with Gasteiger partial charge in [0, 0.05) is 12.5 Å². The molecule has 1 aromatic rings. The van der Waals surface area contributed by atoms with Crippen molar-refractivity contribution in [3.63, 3.8) is 0 Å². The van der Waals surface area contributed by atoms with Gasteiger partial charge in [0.25, 0.3) is 0 Å². The molecule has 1 heterocycles. The summed E-state index contributed by atoms with van der Waals surface area (Å²) in [6.07, 6.45) is 11.0. The van der Waals surface area contributed by atoms with Crippen LogP contribution >= 0.6 is 12.2 Å². The van der Waals surface area contributed by atoms with E-state index >= 15 is 0 Å². The maximum absolute atomic E-state index is 5.33. The zero-order chi connectivity index (χ0) is 11.7. The van der Waals surface area contributed by atoms with Gasteiger partial charge in [-0.05, 0) is 37.4 Å². The van der Waals surface area contributed by atoms with Gasteiger partial charge in [-0.2, -0.15) is 5.10 Å². The van der Waals surface area contributed by atoms with Crippen LogP contribution in [0.5, 0.6) is 0 Å². The Morgan fingerprint density at radius 2 is 1.94 bits per heavy atom. The summed E-state index contributed by atoms with van der Waals surface area (Å²) in [5.74, 6) is 2.83. The summed E-state index contributed by atoms with van der Waals surface area (Å²) in [6.45, 7) is 1.08. The van der Waals surface area contributed by atoms with E-state index in [-0.39, 0.29) is 0 Å². The first-order valence-corrected chi connectivity index (χ1v) is 7.40. The normalized spacial score (nSPS) is 21.9. The maximum atomic E-state index is 5.33. The van der Waals surface area contributed by atoms with Gasteiger partial charge in [-0.25, -0.2) is 0 Å². The van der Waals surface area contributed by atoms with Crippen molar-refractivity contribution in [1.29, 1.82) is 0 Å². The van der Waals surface area contributed by atoms with Crippen molar-refractivity contribution in [1.82, 2.24) is 14.8 Å². The lowest BCUT2D eigenvalue weighted by atomic mass is 9.87. The molecule has 0 unspecified atom stereocenters. The van der Waals surface area contributed by atoms with E-state index in [0.717, 1.165) is 17.2 Å². The molecule has 0 saturated heterocycles. The maximum Gasteiger partial charge on any atom is 0.195 e. The number of H-pyrrole nitrogens is 1. The van der Waals surface area contributed by atoms with Crippen LogP contribution < -0.4 is 0 Å². The molecule has 3 rings (SSSR count). The van der Waals surface area contributed by atoms with Crippen LogP contribution in [0.4, 0.5) is 0 Å². The molecule has 4 heteroatoms. The highest BCUT2D eigenvalue weighted by molar-refractivity contribution is 7.71. The van der Waals surface area contributed by atoms with Gasteiger partial charge in [0.2, 0.25) is 0 Å². The lowest BCUT2D eigenvalue weighted by molar-refractivity contribution is 0.322. The monoisotopic (exact) mass is 251 g/mol. The van der Waals surface area contributed by atoms with E-state index < -0.39 is 0 Å². The van der Waals surface area contributed by atoms with Gasteiger partial charge in [-0.15, -0.1) is 0 Å². The molecular weight excluding hydrogens is 230 g/mol. The van der Waals surface area contributed by atoms with Gasteiger partial charge in [0.15, 0.2) is 4.77 Å². The quantitative estimate of drug-likeness (QED) is 0.826. The predicted octanol–water partition coefficient (Wildman–Crippen LogP) is 3.79. The molecule has 1 N–H and O–H groups in total. The number of rotatable bonds is 4. The van der Waals surface area contributed by atoms with Crippen molar-refractivity contribution < 1.29 is 0 Å². The summed E-state index contributed by atoms with van der Waals surface area (Å²) in [6, 6.07) is 0. The average Bonchev–Trinajstić information content (AvgIpc) is 3.13. The Balaban J connectivity index is 1.63. The van der Waals surface area contributed by atoms with E-state index in [1.807, 2.05) is 0 Å². The Hall–Kier alpha value is -0.640. The van der Waals surface area contributed by atoms with Gasteiger partial charge in [0.05, 0.1) is 0 Å². The third-order valence-electron chi connectivity index (χ3n) is 4.22. The van der Waals surface area contributed by atoms with E-state index in [0.29, 0.717) is 5.92 Å². The van der Waals surface area contributed by atoms with Gasteiger partial charge in [0.1, 0.15) is 5.82 Å². The van der Waals surface area contributed by atoms with Gasteiger partial charge in [-0.3, -0.25) is 5.10 Å². The molecule has 2 fully saturated rings. The highest BCUT2D eigenvalue weighted by atomic mass is 32.1. The fourth-order valence-electron chi connectivity index (χ4n) is 2.99. The van der Waals surface area contributed by atoms with Crippen LogP contribution in [0.25, 0.3) is 0 Å². The van der Waals surface area contributed by atoms with Gasteiger partial charge >= 0.3 is 0 Å². The highest BCUT2D eigenvalue weighted by Gasteiger charge is 2.29. The first-order valence-electron chi connectivity index (χ1n) is 6.99. The minimum atomic E-state index is 0.689. The predicted molar refractivity (Wildman–Crippen MR) is 70.6 cm³/mol. The Bertz CT molecular complexity index is 424. The van der Waals surface area contributed by atoms with Crippen molar-refractivity contribution >= 4 is 12.2 Å². The lowest BCUT2D eigenvalue weighted by Crippen LogP contribution is -2.11. The van der Waals surface area contributed by atoms with Crippen LogP contribution in [0.2, 0.25) is 0 Å². The molecule has 1 aromatic heterocycles. The minimum absolute atomic E-state index is 0.689. The number of aromatic nitrogens is 3. The molecule has 0 atom stereocenters. The molecule has 0 spiro atoms. The molecule has 0 bridgehead atoms. The number of hydrogen-bond donors (Lipinski definition) is 1. The summed E-state index contributed by atoms with van der Waals surface area (Å²) in [5.41, 5.74) is 0. The van der Waals surface area contributed by atoms with E-state index in [9.17, 15) is 0 Å². The fourth-order valence-corrected chi connectivity index (χ4v) is 3.22. The second-order valence-corrected chi connectivity index (χ2v) is 5.99. The van der Waals surface area contributed by atoms with Gasteiger partial charge in [-0.1, -0.05) is 32.1 Å². The molecule has 0 aromatic carbocycles. The number of nitrogens with zero attached hydrogens (tertiary/aromatic N) is 2. The molecule has 2 aliphatic rings. The molecule has 2 aliphatic carbocycles. The van der Waals surface area contributed by atoms with Crippen LogP contribution in [-0.4, -0.2) is 14.8 Å². The van der Waals surface area contributed by atoms with E-state index in [2.05, 4.69) is 14.8 Å². The molecule has 94 valence electrons. The van der Waals surface area contributed by atoms with Gasteiger partial charge < -0.3 is 4.57 Å². The first kappa shape index (κ1) is 11.5. The summed E-state index contributed by atoms with van der Waals surface area (Å²) < 4.78 is 3.07. The Kier molecular flexibility index (Phi) is 3.32. The third kappa shape index (κ3) is 2.62. The van der Waals surface area contributed by atoms with Crippen LogP contribution in [-0.2, 0) is 6.54 Å². The Morgan fingerprint density at radius 3 is 2.65 bits per heavy atom. The summed E-state index contributed by atoms with van der Waals surface area (Å²) in [7, 11) is 0. The molecule has 17 heavy (non-hydrogen) atoms. The van der Waals surface area contributed by atoms with Crippen molar-refractivity contribution in [3.05, 3.63) is 10.6 Å². The third-order valence-corrected chi connectivity index (χ3v) is 4.53. The second-order valence-electron chi connectivity index (χ2n) is 5.61. The SMILES string of the molecule is S=c1[nH]nc(C2CC2)n1CCC1CCCCC1. The van der Waals surface area contributed by atoms with Crippen LogP contribution in [0.1, 0.15) is 63.1 Å². The van der Waals surface area contributed by atoms with Crippen molar-refractivity contribution in [2.24, 2.45) is 5.92 Å². The van der Waals surface area contributed by atoms with Crippen LogP contribution in [0.3, 0.4) is 0 Å². The fraction of sp³-hybridized carbons (Fsp3) is 0.846. The Morgan fingerprint density at radius 1 is 1.18 bits per heavy atom. The minimum Gasteiger partial charge on any atom is -0.304 e. The molecule has 0 aliphatic heterocycles. The lowest BCUT2D eigenvalue weighted by Gasteiger charge is -2.21. The highest BCUT2D eigenvalue weighted by Crippen LogP contribution is 2.39. The Labute approximate surface area is 108 Å². The topological polar surface area (TPSA) is 33.6 Å². The summed E-state index contributed by atoms with van der Waals surface area (Å²) in [5, 5.41) is 7.35. The summed E-state index contributed by atoms with van der Waals surface area (Å²) in [4.78, 5) is 0. The van der Waals surface area contributed by atoms with E-state index in [4.69, 9.17) is 12.2 Å². The molecule has 2 saturated carbocycles.